The van der Waals surface area contributed by atoms with Crippen molar-refractivity contribution >= 4 is 5.95 Å². The molecular weight excluding hydrogens is 362 g/mol. The number of hydrogen-bond acceptors (Lipinski definition) is 5. The van der Waals surface area contributed by atoms with Crippen LogP contribution in [0.5, 0.6) is 0 Å². The minimum absolute atomic E-state index is 0.383. The molecule has 3 aromatic rings. The molecule has 0 N–H and O–H groups in total. The Morgan fingerprint density at radius 3 is 2.34 bits per heavy atom. The molecular formula is C23H29N5O. The molecule has 2 heterocycles. The van der Waals surface area contributed by atoms with Gasteiger partial charge in [0.1, 0.15) is 0 Å². The number of hydrogen-bond donors (Lipinski definition) is 0. The fourth-order valence-electron chi connectivity index (χ4n) is 3.74. The predicted octanol–water partition coefficient (Wildman–Crippen LogP) is 3.45. The van der Waals surface area contributed by atoms with E-state index in [-0.39, 0.29) is 0 Å². The molecule has 6 heteroatoms. The Bertz CT molecular complexity index is 914. The van der Waals surface area contributed by atoms with Gasteiger partial charge < -0.3 is 9.64 Å². The van der Waals surface area contributed by atoms with E-state index in [2.05, 4.69) is 60.4 Å². The maximum absolute atomic E-state index is 5.47. The van der Waals surface area contributed by atoms with Crippen molar-refractivity contribution in [1.29, 1.82) is 0 Å². The average molecular weight is 392 g/mol. The fraction of sp³-hybridized carbons (Fsp3) is 0.391. The molecule has 1 saturated heterocycles. The first kappa shape index (κ1) is 19.6. The smallest absolute Gasteiger partial charge is 0.224 e. The van der Waals surface area contributed by atoms with Gasteiger partial charge in [0.2, 0.25) is 5.95 Å². The highest BCUT2D eigenvalue weighted by molar-refractivity contribution is 5.57. The summed E-state index contributed by atoms with van der Waals surface area (Å²) in [4.78, 5) is 9.27. The van der Waals surface area contributed by atoms with E-state index >= 15 is 0 Å². The van der Waals surface area contributed by atoms with E-state index in [1.54, 1.807) is 0 Å². The van der Waals surface area contributed by atoms with E-state index in [4.69, 9.17) is 14.8 Å². The predicted molar refractivity (Wildman–Crippen MR) is 116 cm³/mol. The van der Waals surface area contributed by atoms with E-state index in [0.717, 1.165) is 43.6 Å². The molecule has 1 aromatic heterocycles. The number of anilines is 1. The van der Waals surface area contributed by atoms with Gasteiger partial charge in [-0.15, -0.1) is 5.10 Å². The van der Waals surface area contributed by atoms with Crippen LogP contribution in [-0.2, 0) is 11.3 Å². The van der Waals surface area contributed by atoms with Crippen LogP contribution in [0.15, 0.2) is 54.6 Å². The summed E-state index contributed by atoms with van der Waals surface area (Å²) < 4.78 is 7.44. The first-order chi connectivity index (χ1) is 14.1. The van der Waals surface area contributed by atoms with Gasteiger partial charge in [0, 0.05) is 38.8 Å². The number of morpholine rings is 1. The number of aromatic nitrogens is 3. The SMILES string of the molecule is C[C@H](c1ccc(-c2nc(N(C)C)n(Cc3ccccc3)n2)cc1)N1CCOCC1. The fourth-order valence-corrected chi connectivity index (χ4v) is 3.74. The van der Waals surface area contributed by atoms with Gasteiger partial charge >= 0.3 is 0 Å². The Morgan fingerprint density at radius 1 is 1.00 bits per heavy atom. The van der Waals surface area contributed by atoms with Gasteiger partial charge in [-0.25, -0.2) is 4.68 Å². The Morgan fingerprint density at radius 2 is 1.69 bits per heavy atom. The van der Waals surface area contributed by atoms with E-state index < -0.39 is 0 Å². The Balaban J connectivity index is 1.55. The lowest BCUT2D eigenvalue weighted by Gasteiger charge is -2.32. The molecule has 0 spiro atoms. The summed E-state index contributed by atoms with van der Waals surface area (Å²) in [6.07, 6.45) is 0. The van der Waals surface area contributed by atoms with Crippen LogP contribution in [0.25, 0.3) is 11.4 Å². The summed E-state index contributed by atoms with van der Waals surface area (Å²) >= 11 is 0. The first-order valence-corrected chi connectivity index (χ1v) is 10.2. The molecule has 152 valence electrons. The highest BCUT2D eigenvalue weighted by atomic mass is 16.5. The maximum Gasteiger partial charge on any atom is 0.224 e. The largest absolute Gasteiger partial charge is 0.379 e. The van der Waals surface area contributed by atoms with Crippen molar-refractivity contribution in [3.05, 3.63) is 65.7 Å². The Kier molecular flexibility index (Phi) is 5.92. The van der Waals surface area contributed by atoms with Crippen molar-refractivity contribution in [3.8, 4) is 11.4 Å². The third kappa shape index (κ3) is 4.49. The van der Waals surface area contributed by atoms with Crippen molar-refractivity contribution in [2.45, 2.75) is 19.5 Å². The minimum Gasteiger partial charge on any atom is -0.379 e. The summed E-state index contributed by atoms with van der Waals surface area (Å²) in [5, 5.41) is 4.80. The van der Waals surface area contributed by atoms with Crippen LogP contribution >= 0.6 is 0 Å². The lowest BCUT2D eigenvalue weighted by Crippen LogP contribution is -2.37. The summed E-state index contributed by atoms with van der Waals surface area (Å²) in [5.74, 6) is 1.62. The van der Waals surface area contributed by atoms with E-state index in [1.165, 1.54) is 11.1 Å². The molecule has 0 aliphatic carbocycles. The van der Waals surface area contributed by atoms with E-state index in [0.29, 0.717) is 12.6 Å². The molecule has 1 aliphatic heterocycles. The zero-order chi connectivity index (χ0) is 20.2. The van der Waals surface area contributed by atoms with E-state index in [9.17, 15) is 0 Å². The second-order valence-corrected chi connectivity index (χ2v) is 7.72. The molecule has 0 radical (unpaired) electrons. The summed E-state index contributed by atoms with van der Waals surface area (Å²) in [7, 11) is 4.00. The number of rotatable bonds is 6. The van der Waals surface area contributed by atoms with Crippen molar-refractivity contribution in [2.75, 3.05) is 45.3 Å². The second-order valence-electron chi connectivity index (χ2n) is 7.72. The van der Waals surface area contributed by atoms with Gasteiger partial charge in [0.15, 0.2) is 5.82 Å². The number of benzene rings is 2. The molecule has 0 unspecified atom stereocenters. The summed E-state index contributed by atoms with van der Waals surface area (Å²) in [5.41, 5.74) is 3.56. The second kappa shape index (κ2) is 8.76. The zero-order valence-electron chi connectivity index (χ0n) is 17.5. The lowest BCUT2D eigenvalue weighted by molar-refractivity contribution is 0.0198. The van der Waals surface area contributed by atoms with Crippen molar-refractivity contribution in [3.63, 3.8) is 0 Å². The molecule has 0 saturated carbocycles. The van der Waals surface area contributed by atoms with E-state index in [1.807, 2.05) is 29.7 Å². The van der Waals surface area contributed by atoms with Crippen LogP contribution in [-0.4, -0.2) is 60.1 Å². The van der Waals surface area contributed by atoms with Gasteiger partial charge in [0.25, 0.3) is 0 Å². The molecule has 4 rings (SSSR count). The molecule has 29 heavy (non-hydrogen) atoms. The molecule has 6 nitrogen and oxygen atoms in total. The van der Waals surface area contributed by atoms with Crippen molar-refractivity contribution in [1.82, 2.24) is 19.7 Å². The summed E-state index contributed by atoms with van der Waals surface area (Å²) in [6, 6.07) is 19.4. The maximum atomic E-state index is 5.47. The average Bonchev–Trinajstić information content (AvgIpc) is 3.19. The molecule has 0 amide bonds. The van der Waals surface area contributed by atoms with Gasteiger partial charge in [-0.1, -0.05) is 54.6 Å². The Hall–Kier alpha value is -2.70. The van der Waals surface area contributed by atoms with Gasteiger partial charge in [-0.3, -0.25) is 4.90 Å². The van der Waals surface area contributed by atoms with Crippen LogP contribution in [0.1, 0.15) is 24.1 Å². The monoisotopic (exact) mass is 391 g/mol. The van der Waals surface area contributed by atoms with Crippen LogP contribution < -0.4 is 4.90 Å². The van der Waals surface area contributed by atoms with Gasteiger partial charge in [-0.05, 0) is 18.1 Å². The zero-order valence-corrected chi connectivity index (χ0v) is 17.5. The van der Waals surface area contributed by atoms with Crippen molar-refractivity contribution < 1.29 is 4.74 Å². The van der Waals surface area contributed by atoms with Crippen LogP contribution in [0, 0.1) is 0 Å². The summed E-state index contributed by atoms with van der Waals surface area (Å²) in [6.45, 7) is 6.57. The number of ether oxygens (including phenoxy) is 1. The molecule has 0 bridgehead atoms. The third-order valence-corrected chi connectivity index (χ3v) is 5.47. The quantitative estimate of drug-likeness (QED) is 0.644. The normalized spacial score (nSPS) is 16.0. The van der Waals surface area contributed by atoms with Crippen LogP contribution in [0.2, 0.25) is 0 Å². The molecule has 1 atom stereocenters. The van der Waals surface area contributed by atoms with Gasteiger partial charge in [0.05, 0.1) is 19.8 Å². The van der Waals surface area contributed by atoms with Gasteiger partial charge in [-0.2, -0.15) is 4.98 Å². The third-order valence-electron chi connectivity index (χ3n) is 5.47. The Labute approximate surface area is 172 Å². The lowest BCUT2D eigenvalue weighted by atomic mass is 10.0. The van der Waals surface area contributed by atoms with Crippen LogP contribution in [0.4, 0.5) is 5.95 Å². The first-order valence-electron chi connectivity index (χ1n) is 10.2. The van der Waals surface area contributed by atoms with Crippen molar-refractivity contribution in [2.24, 2.45) is 0 Å². The number of nitrogens with zero attached hydrogens (tertiary/aromatic N) is 5. The van der Waals surface area contributed by atoms with Crippen LogP contribution in [0.3, 0.4) is 0 Å². The standard InChI is InChI=1S/C23H29N5O/c1-18(27-13-15-29-16-14-27)20-9-11-21(12-10-20)22-24-23(26(2)3)28(25-22)17-19-7-5-4-6-8-19/h4-12,18H,13-17H2,1-3H3/t18-/m1/s1. The topological polar surface area (TPSA) is 46.4 Å². The highest BCUT2D eigenvalue weighted by Crippen LogP contribution is 2.25. The molecule has 2 aromatic carbocycles. The highest BCUT2D eigenvalue weighted by Gasteiger charge is 2.19. The minimum atomic E-state index is 0.383. The molecule has 1 fully saturated rings. The molecule has 1 aliphatic rings.